The summed E-state index contributed by atoms with van der Waals surface area (Å²) in [4.78, 5) is 4.53. The summed E-state index contributed by atoms with van der Waals surface area (Å²) in [6, 6.07) is 5.54. The van der Waals surface area contributed by atoms with Crippen molar-refractivity contribution in [2.75, 3.05) is 14.2 Å². The molecule has 0 fully saturated rings. The van der Waals surface area contributed by atoms with Crippen molar-refractivity contribution in [2.24, 2.45) is 5.90 Å². The zero-order chi connectivity index (χ0) is 9.68. The van der Waals surface area contributed by atoms with Gasteiger partial charge in [0.15, 0.2) is 11.5 Å². The van der Waals surface area contributed by atoms with Gasteiger partial charge in [-0.3, -0.25) is 4.84 Å². The van der Waals surface area contributed by atoms with Crippen molar-refractivity contribution >= 4 is 0 Å². The standard InChI is InChI=1S/C9H13NO3/c1-11-8-5-3-4-7(6-13-10)9(8)12-2/h3-5H,6,10H2,1-2H3. The fourth-order valence-corrected chi connectivity index (χ4v) is 1.16. The van der Waals surface area contributed by atoms with E-state index in [0.29, 0.717) is 18.1 Å². The third-order valence-electron chi connectivity index (χ3n) is 1.72. The molecule has 0 aromatic heterocycles. The molecule has 0 amide bonds. The summed E-state index contributed by atoms with van der Waals surface area (Å²) in [6.07, 6.45) is 0. The van der Waals surface area contributed by atoms with Gasteiger partial charge in [0.25, 0.3) is 0 Å². The first-order chi connectivity index (χ1) is 6.33. The Morgan fingerprint density at radius 1 is 1.23 bits per heavy atom. The van der Waals surface area contributed by atoms with Gasteiger partial charge < -0.3 is 9.47 Å². The summed E-state index contributed by atoms with van der Waals surface area (Å²) in [5.74, 6) is 6.32. The minimum atomic E-state index is 0.306. The second kappa shape index (κ2) is 4.69. The highest BCUT2D eigenvalue weighted by atomic mass is 16.6. The Bertz CT molecular complexity index is 276. The first-order valence-electron chi connectivity index (χ1n) is 3.85. The lowest BCUT2D eigenvalue weighted by Crippen LogP contribution is -2.02. The molecular weight excluding hydrogens is 170 g/mol. The largest absolute Gasteiger partial charge is 0.493 e. The van der Waals surface area contributed by atoms with Crippen molar-refractivity contribution in [3.05, 3.63) is 23.8 Å². The predicted octanol–water partition coefficient (Wildman–Crippen LogP) is 1.09. The van der Waals surface area contributed by atoms with E-state index in [1.807, 2.05) is 18.2 Å². The van der Waals surface area contributed by atoms with Gasteiger partial charge in [0, 0.05) is 5.56 Å². The summed E-state index contributed by atoms with van der Waals surface area (Å²) < 4.78 is 10.3. The van der Waals surface area contributed by atoms with E-state index in [-0.39, 0.29) is 0 Å². The minimum Gasteiger partial charge on any atom is -0.493 e. The van der Waals surface area contributed by atoms with Crippen LogP contribution < -0.4 is 15.4 Å². The van der Waals surface area contributed by atoms with Crippen LogP contribution in [0.3, 0.4) is 0 Å². The van der Waals surface area contributed by atoms with Crippen LogP contribution in [0.15, 0.2) is 18.2 Å². The van der Waals surface area contributed by atoms with E-state index in [1.54, 1.807) is 14.2 Å². The smallest absolute Gasteiger partial charge is 0.166 e. The van der Waals surface area contributed by atoms with Crippen LogP contribution in [0.5, 0.6) is 11.5 Å². The number of ether oxygens (including phenoxy) is 2. The Balaban J connectivity index is 3.03. The molecule has 2 N–H and O–H groups in total. The lowest BCUT2D eigenvalue weighted by Gasteiger charge is -2.11. The van der Waals surface area contributed by atoms with E-state index in [1.165, 1.54) is 0 Å². The number of nitrogens with two attached hydrogens (primary N) is 1. The normalized spacial score (nSPS) is 9.77. The number of rotatable bonds is 4. The van der Waals surface area contributed by atoms with Gasteiger partial charge in [-0.15, -0.1) is 0 Å². The molecule has 0 heterocycles. The Morgan fingerprint density at radius 2 is 2.00 bits per heavy atom. The monoisotopic (exact) mass is 183 g/mol. The third-order valence-corrected chi connectivity index (χ3v) is 1.72. The van der Waals surface area contributed by atoms with Gasteiger partial charge >= 0.3 is 0 Å². The Morgan fingerprint density at radius 3 is 2.54 bits per heavy atom. The summed E-state index contributed by atoms with van der Waals surface area (Å²) in [5, 5.41) is 0. The van der Waals surface area contributed by atoms with E-state index in [2.05, 4.69) is 4.84 Å². The molecule has 0 saturated carbocycles. The van der Waals surface area contributed by atoms with Crippen LogP contribution in [0, 0.1) is 0 Å². The van der Waals surface area contributed by atoms with Crippen LogP contribution in [0.2, 0.25) is 0 Å². The molecule has 0 spiro atoms. The van der Waals surface area contributed by atoms with Gasteiger partial charge in [0.2, 0.25) is 0 Å². The van der Waals surface area contributed by atoms with Crippen molar-refractivity contribution in [1.82, 2.24) is 0 Å². The molecule has 4 nitrogen and oxygen atoms in total. The molecular formula is C9H13NO3. The summed E-state index contributed by atoms with van der Waals surface area (Å²) in [7, 11) is 3.17. The molecule has 0 radical (unpaired) electrons. The van der Waals surface area contributed by atoms with Crippen molar-refractivity contribution in [3.8, 4) is 11.5 Å². The fraction of sp³-hybridized carbons (Fsp3) is 0.333. The van der Waals surface area contributed by atoms with Crippen molar-refractivity contribution < 1.29 is 14.3 Å². The summed E-state index contributed by atoms with van der Waals surface area (Å²) >= 11 is 0. The lowest BCUT2D eigenvalue weighted by atomic mass is 10.2. The molecule has 0 atom stereocenters. The lowest BCUT2D eigenvalue weighted by molar-refractivity contribution is 0.121. The van der Waals surface area contributed by atoms with Crippen LogP contribution in [0.1, 0.15) is 5.56 Å². The van der Waals surface area contributed by atoms with E-state index < -0.39 is 0 Å². The van der Waals surface area contributed by atoms with Crippen LogP contribution >= 0.6 is 0 Å². The zero-order valence-corrected chi connectivity index (χ0v) is 7.74. The van der Waals surface area contributed by atoms with Crippen LogP contribution in [-0.2, 0) is 11.4 Å². The number of para-hydroxylation sites is 1. The fourth-order valence-electron chi connectivity index (χ4n) is 1.16. The molecule has 13 heavy (non-hydrogen) atoms. The minimum absolute atomic E-state index is 0.306. The van der Waals surface area contributed by atoms with Crippen LogP contribution in [-0.4, -0.2) is 14.2 Å². The first-order valence-corrected chi connectivity index (χ1v) is 3.85. The van der Waals surface area contributed by atoms with E-state index in [9.17, 15) is 0 Å². The van der Waals surface area contributed by atoms with Gasteiger partial charge in [-0.1, -0.05) is 12.1 Å². The highest BCUT2D eigenvalue weighted by Crippen LogP contribution is 2.30. The average Bonchev–Trinajstić information content (AvgIpc) is 2.18. The molecule has 4 heteroatoms. The maximum atomic E-state index is 5.16. The third kappa shape index (κ3) is 2.11. The number of benzene rings is 1. The number of hydrogen-bond donors (Lipinski definition) is 1. The molecule has 0 saturated heterocycles. The molecule has 72 valence electrons. The summed E-state index contributed by atoms with van der Waals surface area (Å²) in [6.45, 7) is 0.306. The van der Waals surface area contributed by atoms with Gasteiger partial charge in [0.05, 0.1) is 20.8 Å². The second-order valence-electron chi connectivity index (χ2n) is 2.46. The molecule has 1 aromatic carbocycles. The first kappa shape index (κ1) is 9.83. The number of hydrogen-bond acceptors (Lipinski definition) is 4. The highest BCUT2D eigenvalue weighted by Gasteiger charge is 2.08. The predicted molar refractivity (Wildman–Crippen MR) is 48.5 cm³/mol. The maximum absolute atomic E-state index is 5.16. The topological polar surface area (TPSA) is 53.7 Å². The Labute approximate surface area is 77.2 Å². The maximum Gasteiger partial charge on any atom is 0.166 e. The van der Waals surface area contributed by atoms with Crippen molar-refractivity contribution in [1.29, 1.82) is 0 Å². The number of methoxy groups -OCH3 is 2. The molecule has 0 unspecified atom stereocenters. The van der Waals surface area contributed by atoms with E-state index in [0.717, 1.165) is 5.56 Å². The van der Waals surface area contributed by atoms with Crippen LogP contribution in [0.4, 0.5) is 0 Å². The van der Waals surface area contributed by atoms with Gasteiger partial charge in [-0.2, -0.15) is 0 Å². The van der Waals surface area contributed by atoms with Crippen molar-refractivity contribution in [3.63, 3.8) is 0 Å². The Kier molecular flexibility index (Phi) is 3.54. The average molecular weight is 183 g/mol. The SMILES string of the molecule is COc1cccc(CON)c1OC. The summed E-state index contributed by atoms with van der Waals surface area (Å²) in [5.41, 5.74) is 0.865. The molecule has 1 rings (SSSR count). The van der Waals surface area contributed by atoms with Gasteiger partial charge in [-0.05, 0) is 6.07 Å². The van der Waals surface area contributed by atoms with Crippen LogP contribution in [0.25, 0.3) is 0 Å². The second-order valence-corrected chi connectivity index (χ2v) is 2.46. The van der Waals surface area contributed by atoms with Gasteiger partial charge in [-0.25, -0.2) is 5.90 Å². The molecule has 0 aliphatic carbocycles. The van der Waals surface area contributed by atoms with Gasteiger partial charge in [0.1, 0.15) is 0 Å². The Hall–Kier alpha value is -1.26. The van der Waals surface area contributed by atoms with Crippen molar-refractivity contribution in [2.45, 2.75) is 6.61 Å². The molecule has 1 aromatic rings. The highest BCUT2D eigenvalue weighted by molar-refractivity contribution is 5.46. The van der Waals surface area contributed by atoms with E-state index >= 15 is 0 Å². The quantitative estimate of drug-likeness (QED) is 0.710. The molecule has 0 aliphatic rings. The van der Waals surface area contributed by atoms with E-state index in [4.69, 9.17) is 15.4 Å². The molecule has 0 aliphatic heterocycles. The zero-order valence-electron chi connectivity index (χ0n) is 7.74. The molecule has 0 bridgehead atoms.